The number of nitrogens with zero attached hydrogens (tertiary/aromatic N) is 1. The lowest BCUT2D eigenvalue weighted by Crippen LogP contribution is -2.08. The first-order valence-electron chi connectivity index (χ1n) is 7.39. The highest BCUT2D eigenvalue weighted by Gasteiger charge is 2.15. The molecule has 0 aliphatic heterocycles. The first-order valence-corrected chi connectivity index (χ1v) is 7.39. The second kappa shape index (κ2) is 6.16. The van der Waals surface area contributed by atoms with Crippen molar-refractivity contribution in [1.29, 1.82) is 0 Å². The molecule has 0 radical (unpaired) electrons. The van der Waals surface area contributed by atoms with Gasteiger partial charge in [0.15, 0.2) is 11.2 Å². The maximum absolute atomic E-state index is 12.3. The second-order valence-electron chi connectivity index (χ2n) is 5.51. The van der Waals surface area contributed by atoms with Crippen molar-refractivity contribution in [3.8, 4) is 17.2 Å². The summed E-state index contributed by atoms with van der Waals surface area (Å²) >= 11 is 0. The number of hydrogen-bond donors (Lipinski definition) is 1. The molecule has 3 aromatic rings. The Morgan fingerprint density at radius 3 is 2.75 bits per heavy atom. The molecule has 6 heteroatoms. The number of carboxylic acid groups (broad SMARTS) is 1. The summed E-state index contributed by atoms with van der Waals surface area (Å²) in [7, 11) is 0. The number of benzene rings is 1. The molecule has 122 valence electrons. The van der Waals surface area contributed by atoms with E-state index in [-0.39, 0.29) is 28.4 Å². The van der Waals surface area contributed by atoms with Gasteiger partial charge in [0.05, 0.1) is 17.1 Å². The summed E-state index contributed by atoms with van der Waals surface area (Å²) < 4.78 is 11.4. The number of hydrogen-bond acceptors (Lipinski definition) is 5. The van der Waals surface area contributed by atoms with Crippen LogP contribution in [0.3, 0.4) is 0 Å². The standard InChI is InChI=1S/C18H15NO5/c1-10(2)23-14-4-3-7-19-17(14)16-9-13(20)12-6-5-11(18(21)22)8-15(12)24-16/h3-10H,1-2H3,(H,21,22). The zero-order valence-electron chi connectivity index (χ0n) is 13.1. The van der Waals surface area contributed by atoms with Gasteiger partial charge in [-0.25, -0.2) is 9.78 Å². The van der Waals surface area contributed by atoms with E-state index in [1.807, 2.05) is 13.8 Å². The lowest BCUT2D eigenvalue weighted by atomic mass is 10.1. The maximum Gasteiger partial charge on any atom is 0.335 e. The molecule has 0 saturated heterocycles. The monoisotopic (exact) mass is 325 g/mol. The highest BCUT2D eigenvalue weighted by Crippen LogP contribution is 2.29. The molecule has 24 heavy (non-hydrogen) atoms. The molecule has 0 amide bonds. The predicted molar refractivity (Wildman–Crippen MR) is 88.4 cm³/mol. The molecule has 0 fully saturated rings. The Morgan fingerprint density at radius 2 is 2.04 bits per heavy atom. The van der Waals surface area contributed by atoms with Crippen molar-refractivity contribution < 1.29 is 19.1 Å². The molecule has 0 aliphatic rings. The molecule has 1 aromatic carbocycles. The Hall–Kier alpha value is -3.15. The third-order valence-corrected chi connectivity index (χ3v) is 3.34. The van der Waals surface area contributed by atoms with E-state index in [1.54, 1.807) is 18.3 Å². The molecule has 0 unspecified atom stereocenters. The van der Waals surface area contributed by atoms with E-state index in [9.17, 15) is 9.59 Å². The van der Waals surface area contributed by atoms with E-state index in [2.05, 4.69) is 4.98 Å². The zero-order chi connectivity index (χ0) is 17.3. The topological polar surface area (TPSA) is 89.6 Å². The molecule has 0 atom stereocenters. The number of carbonyl (C=O) groups is 1. The fourth-order valence-electron chi connectivity index (χ4n) is 2.33. The van der Waals surface area contributed by atoms with E-state index in [1.165, 1.54) is 24.3 Å². The first kappa shape index (κ1) is 15.7. The Balaban J connectivity index is 2.21. The Morgan fingerprint density at radius 1 is 1.25 bits per heavy atom. The van der Waals surface area contributed by atoms with Crippen molar-refractivity contribution in [2.75, 3.05) is 0 Å². The van der Waals surface area contributed by atoms with Gasteiger partial charge in [-0.15, -0.1) is 0 Å². The molecule has 3 rings (SSSR count). The smallest absolute Gasteiger partial charge is 0.335 e. The lowest BCUT2D eigenvalue weighted by Gasteiger charge is -2.12. The van der Waals surface area contributed by atoms with Crippen LogP contribution in [0.1, 0.15) is 24.2 Å². The van der Waals surface area contributed by atoms with Gasteiger partial charge in [-0.05, 0) is 44.2 Å². The second-order valence-corrected chi connectivity index (χ2v) is 5.51. The van der Waals surface area contributed by atoms with Gasteiger partial charge in [0.25, 0.3) is 0 Å². The van der Waals surface area contributed by atoms with Crippen molar-refractivity contribution in [3.63, 3.8) is 0 Å². The minimum atomic E-state index is -1.09. The van der Waals surface area contributed by atoms with Gasteiger partial charge in [-0.1, -0.05) is 0 Å². The zero-order valence-corrected chi connectivity index (χ0v) is 13.1. The summed E-state index contributed by atoms with van der Waals surface area (Å²) in [5, 5.41) is 9.40. The summed E-state index contributed by atoms with van der Waals surface area (Å²) in [6.07, 6.45) is 1.50. The Bertz CT molecular complexity index is 975. The predicted octanol–water partition coefficient (Wildman–Crippen LogP) is 3.34. The van der Waals surface area contributed by atoms with Crippen LogP contribution in [0, 0.1) is 0 Å². The van der Waals surface area contributed by atoms with Crippen LogP contribution in [0.2, 0.25) is 0 Å². The average Bonchev–Trinajstić information content (AvgIpc) is 2.54. The number of pyridine rings is 1. The van der Waals surface area contributed by atoms with Crippen molar-refractivity contribution in [1.82, 2.24) is 4.98 Å². The number of aromatic nitrogens is 1. The Labute approximate surface area is 137 Å². The van der Waals surface area contributed by atoms with E-state index < -0.39 is 5.97 Å². The molecule has 6 nitrogen and oxygen atoms in total. The van der Waals surface area contributed by atoms with Gasteiger partial charge in [-0.2, -0.15) is 0 Å². The van der Waals surface area contributed by atoms with Crippen molar-refractivity contribution in [3.05, 3.63) is 58.4 Å². The number of carboxylic acids is 1. The molecular weight excluding hydrogens is 310 g/mol. The quantitative estimate of drug-likeness (QED) is 0.791. The fraction of sp³-hybridized carbons (Fsp3) is 0.167. The minimum absolute atomic E-state index is 0.0440. The number of rotatable bonds is 4. The first-order chi connectivity index (χ1) is 11.5. The molecule has 0 bridgehead atoms. The van der Waals surface area contributed by atoms with Crippen LogP contribution in [-0.4, -0.2) is 22.2 Å². The average molecular weight is 325 g/mol. The molecule has 0 saturated carbocycles. The van der Waals surface area contributed by atoms with Crippen molar-refractivity contribution in [2.45, 2.75) is 20.0 Å². The van der Waals surface area contributed by atoms with Crippen LogP contribution >= 0.6 is 0 Å². The molecule has 1 N–H and O–H groups in total. The van der Waals surface area contributed by atoms with Crippen LogP contribution in [0.5, 0.6) is 5.75 Å². The third kappa shape index (κ3) is 2.99. The van der Waals surface area contributed by atoms with Gasteiger partial charge in [-0.3, -0.25) is 4.79 Å². The highest BCUT2D eigenvalue weighted by molar-refractivity contribution is 5.92. The van der Waals surface area contributed by atoms with Gasteiger partial charge < -0.3 is 14.3 Å². The molecule has 0 aliphatic carbocycles. The van der Waals surface area contributed by atoms with Crippen LogP contribution in [0.25, 0.3) is 22.4 Å². The molecule has 2 heterocycles. The van der Waals surface area contributed by atoms with Gasteiger partial charge in [0.2, 0.25) is 0 Å². The normalized spacial score (nSPS) is 11.0. The van der Waals surface area contributed by atoms with E-state index in [0.717, 1.165) is 0 Å². The van der Waals surface area contributed by atoms with Gasteiger partial charge in [0, 0.05) is 12.3 Å². The summed E-state index contributed by atoms with van der Waals surface area (Å²) in [4.78, 5) is 27.7. The molecular formula is C18H15NO5. The van der Waals surface area contributed by atoms with E-state index >= 15 is 0 Å². The summed E-state index contributed by atoms with van der Waals surface area (Å²) in [6, 6.07) is 8.93. The largest absolute Gasteiger partial charge is 0.489 e. The van der Waals surface area contributed by atoms with E-state index in [0.29, 0.717) is 16.8 Å². The van der Waals surface area contributed by atoms with Crippen LogP contribution in [-0.2, 0) is 0 Å². The summed E-state index contributed by atoms with van der Waals surface area (Å²) in [5.41, 5.74) is 0.358. The summed E-state index contributed by atoms with van der Waals surface area (Å²) in [5.74, 6) is -0.373. The van der Waals surface area contributed by atoms with Gasteiger partial charge in [0.1, 0.15) is 17.0 Å². The van der Waals surface area contributed by atoms with Crippen LogP contribution < -0.4 is 10.2 Å². The van der Waals surface area contributed by atoms with Crippen LogP contribution in [0.4, 0.5) is 0 Å². The molecule has 2 aromatic heterocycles. The number of ether oxygens (including phenoxy) is 1. The third-order valence-electron chi connectivity index (χ3n) is 3.34. The minimum Gasteiger partial charge on any atom is -0.489 e. The number of aromatic carboxylic acids is 1. The Kier molecular flexibility index (Phi) is 4.04. The summed E-state index contributed by atoms with van der Waals surface area (Å²) in [6.45, 7) is 3.76. The van der Waals surface area contributed by atoms with E-state index in [4.69, 9.17) is 14.3 Å². The van der Waals surface area contributed by atoms with Crippen molar-refractivity contribution in [2.24, 2.45) is 0 Å². The highest BCUT2D eigenvalue weighted by atomic mass is 16.5. The lowest BCUT2D eigenvalue weighted by molar-refractivity contribution is 0.0697. The van der Waals surface area contributed by atoms with Gasteiger partial charge >= 0.3 is 5.97 Å². The van der Waals surface area contributed by atoms with Crippen LogP contribution in [0.15, 0.2) is 51.8 Å². The number of fused-ring (bicyclic) bond motifs is 1. The SMILES string of the molecule is CC(C)Oc1cccnc1-c1cc(=O)c2ccc(C(=O)O)cc2o1. The van der Waals surface area contributed by atoms with Crippen molar-refractivity contribution >= 4 is 16.9 Å². The molecule has 0 spiro atoms. The maximum atomic E-state index is 12.3. The fourth-order valence-corrected chi connectivity index (χ4v) is 2.33.